The number of hydrogen-bond acceptors (Lipinski definition) is 21. The summed E-state index contributed by atoms with van der Waals surface area (Å²) in [5.41, 5.74) is 1.27. The molecule has 0 bridgehead atoms. The Labute approximate surface area is 396 Å². The van der Waals surface area contributed by atoms with E-state index in [1.54, 1.807) is 97.8 Å². The van der Waals surface area contributed by atoms with Crippen LogP contribution < -0.4 is 45.4 Å². The number of esters is 4. The molecule has 7 aromatic rings. The van der Waals surface area contributed by atoms with Gasteiger partial charge in [-0.1, -0.05) is 54.6 Å². The minimum absolute atomic E-state index is 0.165. The molecule has 0 amide bonds. The minimum Gasteiger partial charge on any atom is -0.504 e. The van der Waals surface area contributed by atoms with Crippen molar-refractivity contribution in [3.63, 3.8) is 0 Å². The highest BCUT2D eigenvalue weighted by molar-refractivity contribution is 5.76. The van der Waals surface area contributed by atoms with Gasteiger partial charge in [-0.2, -0.15) is 0 Å². The highest BCUT2D eigenvalue weighted by Crippen LogP contribution is 2.31. The average molecular weight is 953 g/mol. The average Bonchev–Trinajstić information content (AvgIpc) is 3.75. The second kappa shape index (κ2) is 26.3. The van der Waals surface area contributed by atoms with Crippen molar-refractivity contribution in [2.45, 2.75) is 27.7 Å². The summed E-state index contributed by atoms with van der Waals surface area (Å²) in [4.78, 5) is 115. The van der Waals surface area contributed by atoms with Crippen LogP contribution in [0.2, 0.25) is 0 Å². The molecule has 0 aliphatic heterocycles. The molecule has 0 saturated heterocycles. The van der Waals surface area contributed by atoms with Crippen LogP contribution in [0.15, 0.2) is 160 Å². The van der Waals surface area contributed by atoms with Gasteiger partial charge in [-0.25, -0.2) is 29.9 Å². The van der Waals surface area contributed by atoms with Crippen LogP contribution in [0.25, 0.3) is 33.4 Å². The Kier molecular flexibility index (Phi) is 19.8. The van der Waals surface area contributed by atoms with Crippen molar-refractivity contribution in [2.75, 3.05) is 7.11 Å². The molecule has 0 unspecified atom stereocenters. The Morgan fingerprint density at radius 1 is 0.429 bits per heavy atom. The Morgan fingerprint density at radius 3 is 1.20 bits per heavy atom. The summed E-state index contributed by atoms with van der Waals surface area (Å²) in [6.45, 7) is 4.20. The van der Waals surface area contributed by atoms with Crippen molar-refractivity contribution >= 4 is 23.9 Å². The number of methoxy groups -OCH3 is 1. The van der Waals surface area contributed by atoms with E-state index in [4.69, 9.17) is 23.7 Å². The number of hydrogen-bond donors (Lipinski definition) is 2. The molecule has 3 heterocycles. The Hall–Kier alpha value is -9.92. The lowest BCUT2D eigenvalue weighted by Gasteiger charge is -2.05. The first-order valence-electron chi connectivity index (χ1n) is 20.0. The van der Waals surface area contributed by atoms with Crippen molar-refractivity contribution in [1.29, 1.82) is 0 Å². The van der Waals surface area contributed by atoms with Gasteiger partial charge in [0.05, 0.1) is 7.11 Å². The van der Waals surface area contributed by atoms with E-state index in [-0.39, 0.29) is 22.7 Å². The molecule has 0 atom stereocenters. The molecule has 0 saturated carbocycles. The maximum atomic E-state index is 12.4. The fourth-order valence-corrected chi connectivity index (χ4v) is 5.50. The molecule has 0 aliphatic rings. The molecule has 0 radical (unpaired) electrons. The van der Waals surface area contributed by atoms with Crippen LogP contribution in [0.1, 0.15) is 27.7 Å². The largest absolute Gasteiger partial charge is 0.504 e. The molecule has 356 valence electrons. The number of aromatic nitrogens is 6. The predicted octanol–water partition coefficient (Wildman–Crippen LogP) is 4.68. The van der Waals surface area contributed by atoms with Gasteiger partial charge in [0, 0.05) is 110 Å². The smallest absolute Gasteiger partial charge is 0.308 e. The predicted molar refractivity (Wildman–Crippen MR) is 249 cm³/mol. The van der Waals surface area contributed by atoms with E-state index in [2.05, 4.69) is 29.9 Å². The Bertz CT molecular complexity index is 3130. The highest BCUT2D eigenvalue weighted by atomic mass is 16.6. The summed E-state index contributed by atoms with van der Waals surface area (Å²) in [6.07, 6.45) is 13.6. The Morgan fingerprint density at radius 2 is 0.786 bits per heavy atom. The van der Waals surface area contributed by atoms with Gasteiger partial charge >= 0.3 is 23.9 Å². The van der Waals surface area contributed by atoms with Crippen molar-refractivity contribution in [3.8, 4) is 73.6 Å². The van der Waals surface area contributed by atoms with Crippen LogP contribution in [-0.2, 0) is 19.2 Å². The number of ether oxygens (including phenoxy) is 5. The molecular formula is C49H40N6O15. The topological polar surface area (TPSA) is 301 Å². The van der Waals surface area contributed by atoms with E-state index in [1.807, 2.05) is 0 Å². The fraction of sp³-hybridized carbons (Fsp3) is 0.102. The molecule has 3 aromatic heterocycles. The molecule has 4 aromatic carbocycles. The first kappa shape index (κ1) is 52.7. The first-order valence-corrected chi connectivity index (χ1v) is 20.0. The standard InChI is InChI=1S/C15H14O9.C12H10N2O2.2C11H8N2O2/c1-7(16)21-11-5-12(22-8(2)17)14(20)15(24-10(4)19)13(6-11)23-9(3)18;1-16-11-5-3-2-4-10(12(11)15)9-6-13-8-14-7-9;2*14-10-4-2-1-3-9(11(10)15)8-5-12-7-13-6-8/h5-6H,1-4H3;2-8H,1H3;2*1-7H,(H,14,15). The number of carbonyl (C=O) groups is 4. The maximum absolute atomic E-state index is 12.4. The second-order valence-electron chi connectivity index (χ2n) is 13.6. The van der Waals surface area contributed by atoms with Gasteiger partial charge in [0.25, 0.3) is 5.43 Å². The number of nitrogens with zero attached hydrogens (tertiary/aromatic N) is 6. The molecule has 2 N–H and O–H groups in total. The monoisotopic (exact) mass is 952 g/mol. The van der Waals surface area contributed by atoms with Gasteiger partial charge in [0.2, 0.25) is 22.0 Å². The lowest BCUT2D eigenvalue weighted by Crippen LogP contribution is -2.16. The number of aromatic hydroxyl groups is 2. The quantitative estimate of drug-likeness (QED) is 0.195. The Balaban J connectivity index is 0.000000207. The van der Waals surface area contributed by atoms with Gasteiger partial charge in [-0.15, -0.1) is 0 Å². The molecular weight excluding hydrogens is 913 g/mol. The van der Waals surface area contributed by atoms with Crippen LogP contribution in [0, 0.1) is 0 Å². The number of carbonyl (C=O) groups excluding carboxylic acids is 4. The fourth-order valence-electron chi connectivity index (χ4n) is 5.50. The van der Waals surface area contributed by atoms with Crippen LogP contribution in [0.3, 0.4) is 0 Å². The van der Waals surface area contributed by atoms with E-state index in [9.17, 15) is 48.6 Å². The van der Waals surface area contributed by atoms with Gasteiger partial charge in [0.1, 0.15) is 24.7 Å². The van der Waals surface area contributed by atoms with E-state index < -0.39 is 57.4 Å². The van der Waals surface area contributed by atoms with E-state index in [0.29, 0.717) is 39.1 Å². The first-order chi connectivity index (χ1) is 33.5. The molecule has 70 heavy (non-hydrogen) atoms. The third kappa shape index (κ3) is 15.9. The molecule has 0 fully saturated rings. The van der Waals surface area contributed by atoms with Crippen LogP contribution in [-0.4, -0.2) is 71.1 Å². The van der Waals surface area contributed by atoms with Gasteiger partial charge in [0.15, 0.2) is 28.7 Å². The summed E-state index contributed by atoms with van der Waals surface area (Å²) in [5.74, 6) is -5.54. The van der Waals surface area contributed by atoms with Crippen LogP contribution >= 0.6 is 0 Å². The second-order valence-corrected chi connectivity index (χ2v) is 13.6. The van der Waals surface area contributed by atoms with Gasteiger partial charge in [-0.3, -0.25) is 38.4 Å². The number of rotatable bonds is 8. The molecule has 0 aliphatic carbocycles. The van der Waals surface area contributed by atoms with Crippen molar-refractivity contribution in [2.24, 2.45) is 0 Å². The molecule has 21 nitrogen and oxygen atoms in total. The third-order valence-corrected chi connectivity index (χ3v) is 8.36. The third-order valence-electron chi connectivity index (χ3n) is 8.36. The maximum Gasteiger partial charge on any atom is 0.308 e. The summed E-state index contributed by atoms with van der Waals surface area (Å²) < 4.78 is 24.2. The highest BCUT2D eigenvalue weighted by Gasteiger charge is 2.21. The van der Waals surface area contributed by atoms with Crippen LogP contribution in [0.5, 0.6) is 40.2 Å². The molecule has 0 spiro atoms. The molecule has 7 rings (SSSR count). The van der Waals surface area contributed by atoms with Crippen molar-refractivity contribution in [1.82, 2.24) is 29.9 Å². The van der Waals surface area contributed by atoms with Gasteiger partial charge in [-0.05, 0) is 18.2 Å². The van der Waals surface area contributed by atoms with Crippen molar-refractivity contribution < 1.29 is 53.1 Å². The van der Waals surface area contributed by atoms with Gasteiger partial charge < -0.3 is 33.9 Å². The normalized spacial score (nSPS) is 9.79. The summed E-state index contributed by atoms with van der Waals surface area (Å²) in [5, 5.41) is 19.3. The summed E-state index contributed by atoms with van der Waals surface area (Å²) in [7, 11) is 1.47. The SMILES string of the molecule is CC(=O)Oc1cc(OC(C)=O)c(OC(C)=O)c(=O)c(OC(C)=O)c1.COc1ccccc(-c2cncnc2)c1=O.O=c1ccccc(-c2cncnc2)c1O.O=c1ccccc(-c2cncnc2)c1O. The van der Waals surface area contributed by atoms with E-state index >= 15 is 0 Å². The summed E-state index contributed by atoms with van der Waals surface area (Å²) in [6, 6.07) is 21.3. The van der Waals surface area contributed by atoms with Crippen LogP contribution in [0.4, 0.5) is 0 Å². The van der Waals surface area contributed by atoms with E-state index in [0.717, 1.165) is 39.8 Å². The zero-order valence-corrected chi connectivity index (χ0v) is 37.7. The minimum atomic E-state index is -1.05. The molecule has 21 heteroatoms. The zero-order chi connectivity index (χ0) is 51.2. The lowest BCUT2D eigenvalue weighted by atomic mass is 10.1. The summed E-state index contributed by atoms with van der Waals surface area (Å²) >= 11 is 0. The van der Waals surface area contributed by atoms with Crippen molar-refractivity contribution in [3.05, 3.63) is 182 Å². The lowest BCUT2D eigenvalue weighted by molar-refractivity contribution is -0.134. The zero-order valence-electron chi connectivity index (χ0n) is 37.7. The van der Waals surface area contributed by atoms with E-state index in [1.165, 1.54) is 38.2 Å².